The van der Waals surface area contributed by atoms with Crippen LogP contribution >= 0.6 is 0 Å². The second-order valence-corrected chi connectivity index (χ2v) is 7.88. The Morgan fingerprint density at radius 2 is 1.97 bits per heavy atom. The average Bonchev–Trinajstić information content (AvgIpc) is 3.22. The molecule has 4 rings (SSSR count). The van der Waals surface area contributed by atoms with Crippen molar-refractivity contribution >= 4 is 17.4 Å². The number of anilines is 2. The predicted octanol–water partition coefficient (Wildman–Crippen LogP) is 4.86. The van der Waals surface area contributed by atoms with Gasteiger partial charge in [0, 0.05) is 18.2 Å². The Balaban J connectivity index is 1.61. The molecule has 1 aliphatic heterocycles. The van der Waals surface area contributed by atoms with Crippen molar-refractivity contribution in [2.45, 2.75) is 37.7 Å². The summed E-state index contributed by atoms with van der Waals surface area (Å²) in [6, 6.07) is 12.2. The third kappa shape index (κ3) is 4.80. The first-order valence-corrected chi connectivity index (χ1v) is 10.3. The number of alkyl halides is 3. The summed E-state index contributed by atoms with van der Waals surface area (Å²) in [5, 5.41) is 19.4. The molecule has 2 heterocycles. The van der Waals surface area contributed by atoms with Gasteiger partial charge >= 0.3 is 6.18 Å². The summed E-state index contributed by atoms with van der Waals surface area (Å²) < 4.78 is 47.6. The highest BCUT2D eigenvalue weighted by atomic mass is 19.4. The van der Waals surface area contributed by atoms with E-state index in [9.17, 15) is 23.1 Å². The zero-order valence-corrected chi connectivity index (χ0v) is 17.9. The van der Waals surface area contributed by atoms with Crippen molar-refractivity contribution in [1.29, 1.82) is 0 Å². The van der Waals surface area contributed by atoms with Gasteiger partial charge in [0.1, 0.15) is 11.6 Å². The Labute approximate surface area is 188 Å². The molecule has 0 saturated carbocycles. The number of nitrogens with zero attached hydrogens (tertiary/aromatic N) is 2. The Hall–Kier alpha value is -3.53. The Morgan fingerprint density at radius 3 is 2.61 bits per heavy atom. The smallest absolute Gasteiger partial charge is 0.410 e. The zero-order valence-electron chi connectivity index (χ0n) is 17.9. The maximum absolute atomic E-state index is 13.9. The second kappa shape index (κ2) is 8.78. The van der Waals surface area contributed by atoms with Gasteiger partial charge < -0.3 is 20.5 Å². The van der Waals surface area contributed by atoms with Gasteiger partial charge in [0.15, 0.2) is 11.7 Å². The monoisotopic (exact) mass is 460 g/mol. The summed E-state index contributed by atoms with van der Waals surface area (Å²) in [5.74, 6) is 0.0567. The first-order chi connectivity index (χ1) is 15.7. The van der Waals surface area contributed by atoms with E-state index in [1.807, 2.05) is 0 Å². The number of halogens is 3. The van der Waals surface area contributed by atoms with Gasteiger partial charge in [-0.1, -0.05) is 24.3 Å². The van der Waals surface area contributed by atoms with E-state index in [0.717, 1.165) is 4.68 Å². The molecule has 0 spiro atoms. The molecule has 0 bridgehead atoms. The lowest BCUT2D eigenvalue weighted by Gasteiger charge is -2.33. The Kier molecular flexibility index (Phi) is 6.03. The van der Waals surface area contributed by atoms with Crippen LogP contribution in [0.1, 0.15) is 53.1 Å². The van der Waals surface area contributed by atoms with E-state index in [-0.39, 0.29) is 17.9 Å². The number of rotatable bonds is 5. The van der Waals surface area contributed by atoms with E-state index < -0.39 is 30.3 Å². The number of benzene rings is 2. The fraction of sp³-hybridized carbons (Fsp3) is 0.304. The van der Waals surface area contributed by atoms with Gasteiger partial charge in [-0.15, -0.1) is 0 Å². The summed E-state index contributed by atoms with van der Waals surface area (Å²) in [6.45, 7) is 1.59. The third-order valence-electron chi connectivity index (χ3n) is 5.57. The van der Waals surface area contributed by atoms with E-state index in [0.29, 0.717) is 22.6 Å². The molecular formula is C23H23F3N4O3. The van der Waals surface area contributed by atoms with Gasteiger partial charge in [0.25, 0.3) is 5.91 Å². The molecule has 7 nitrogen and oxygen atoms in total. The fourth-order valence-electron chi connectivity index (χ4n) is 3.81. The molecular weight excluding hydrogens is 437 g/mol. The molecule has 0 saturated heterocycles. The molecule has 0 fully saturated rings. The van der Waals surface area contributed by atoms with E-state index in [4.69, 9.17) is 4.74 Å². The number of amides is 1. The zero-order chi connectivity index (χ0) is 23.8. The van der Waals surface area contributed by atoms with Crippen molar-refractivity contribution in [1.82, 2.24) is 9.78 Å². The topological polar surface area (TPSA) is 88.4 Å². The highest BCUT2D eigenvalue weighted by molar-refractivity contribution is 6.03. The van der Waals surface area contributed by atoms with Crippen molar-refractivity contribution in [3.63, 3.8) is 0 Å². The number of nitrogens with one attached hydrogen (secondary N) is 2. The normalized spacial score (nSPS) is 18.7. The van der Waals surface area contributed by atoms with Crippen LogP contribution in [0.15, 0.2) is 54.6 Å². The summed E-state index contributed by atoms with van der Waals surface area (Å²) in [6.07, 6.45) is -5.55. The number of carbonyl (C=O) groups excluding carboxylic acids is 1. The minimum Gasteiger partial charge on any atom is -0.497 e. The first-order valence-electron chi connectivity index (χ1n) is 10.3. The van der Waals surface area contributed by atoms with Crippen LogP contribution in [0.3, 0.4) is 0 Å². The molecule has 1 aliphatic rings. The van der Waals surface area contributed by atoms with Crippen molar-refractivity contribution < 1.29 is 27.8 Å². The van der Waals surface area contributed by atoms with E-state index in [1.54, 1.807) is 55.5 Å². The van der Waals surface area contributed by atoms with Crippen LogP contribution in [0, 0.1) is 0 Å². The number of fused-ring (bicyclic) bond motifs is 1. The number of hydrogen-bond donors (Lipinski definition) is 3. The van der Waals surface area contributed by atoms with Crippen LogP contribution in [0.5, 0.6) is 5.75 Å². The first kappa shape index (κ1) is 22.7. The molecule has 3 aromatic rings. The number of aliphatic hydroxyl groups is 1. The number of methoxy groups -OCH3 is 1. The molecule has 0 unspecified atom stereocenters. The lowest BCUT2D eigenvalue weighted by atomic mass is 9.97. The number of hydrogen-bond acceptors (Lipinski definition) is 5. The van der Waals surface area contributed by atoms with Crippen LogP contribution in [0.25, 0.3) is 0 Å². The quantitative estimate of drug-likeness (QED) is 0.506. The van der Waals surface area contributed by atoms with Crippen molar-refractivity contribution in [2.75, 3.05) is 17.7 Å². The van der Waals surface area contributed by atoms with Crippen LogP contribution < -0.4 is 15.4 Å². The van der Waals surface area contributed by atoms with Crippen LogP contribution in [0.2, 0.25) is 0 Å². The van der Waals surface area contributed by atoms with Gasteiger partial charge in [0.2, 0.25) is 0 Å². The molecule has 33 heavy (non-hydrogen) atoms. The highest BCUT2D eigenvalue weighted by Gasteiger charge is 2.46. The van der Waals surface area contributed by atoms with Gasteiger partial charge in [-0.3, -0.25) is 4.79 Å². The molecule has 10 heteroatoms. The molecule has 2 aromatic carbocycles. The molecule has 1 aromatic heterocycles. The minimum absolute atomic E-state index is 0.104. The molecule has 3 atom stereocenters. The predicted molar refractivity (Wildman–Crippen MR) is 116 cm³/mol. The number of ether oxygens (including phenoxy) is 1. The number of aromatic nitrogens is 2. The maximum atomic E-state index is 13.9. The van der Waals surface area contributed by atoms with E-state index >= 15 is 0 Å². The number of carbonyl (C=O) groups is 1. The van der Waals surface area contributed by atoms with Gasteiger partial charge in [-0.25, -0.2) is 4.68 Å². The fourth-order valence-corrected chi connectivity index (χ4v) is 3.81. The van der Waals surface area contributed by atoms with Gasteiger partial charge in [-0.2, -0.15) is 18.3 Å². The lowest BCUT2D eigenvalue weighted by molar-refractivity contribution is -0.173. The summed E-state index contributed by atoms with van der Waals surface area (Å²) in [7, 11) is 1.51. The van der Waals surface area contributed by atoms with E-state index in [2.05, 4.69) is 15.7 Å². The molecule has 0 radical (unpaired) electrons. The highest BCUT2D eigenvalue weighted by Crippen LogP contribution is 2.43. The minimum atomic E-state index is -4.55. The Morgan fingerprint density at radius 1 is 1.24 bits per heavy atom. The molecule has 1 amide bonds. The largest absolute Gasteiger partial charge is 0.497 e. The van der Waals surface area contributed by atoms with E-state index in [1.165, 1.54) is 13.2 Å². The maximum Gasteiger partial charge on any atom is 0.410 e. The average molecular weight is 460 g/mol. The third-order valence-corrected chi connectivity index (χ3v) is 5.57. The summed E-state index contributed by atoms with van der Waals surface area (Å²) in [5.41, 5.74) is 1.52. The summed E-state index contributed by atoms with van der Waals surface area (Å²) >= 11 is 0. The summed E-state index contributed by atoms with van der Waals surface area (Å²) in [4.78, 5) is 12.7. The number of aliphatic hydroxyl groups excluding tert-OH is 1. The van der Waals surface area contributed by atoms with Crippen molar-refractivity contribution in [3.05, 3.63) is 71.4 Å². The van der Waals surface area contributed by atoms with Crippen LogP contribution in [-0.4, -0.2) is 34.1 Å². The van der Waals surface area contributed by atoms with Gasteiger partial charge in [0.05, 0.1) is 19.3 Å². The SMILES string of the molecule is COc1ccc([C@@H]2C[C@@H](C(F)(F)F)n3nc(C(=O)Nc4cccc([C@H](C)O)c4)cc3N2)cc1. The van der Waals surface area contributed by atoms with Gasteiger partial charge in [-0.05, 0) is 42.3 Å². The molecule has 3 N–H and O–H groups in total. The standard InChI is InChI=1S/C23H23F3N4O3/c1-13(31)15-4-3-5-16(10-15)27-22(32)19-12-21-28-18(14-6-8-17(33-2)9-7-14)11-20(23(24,25)26)30(21)29-19/h3-10,12-13,18,20,28,31H,11H2,1-2H3,(H,27,32)/t13-,18-,20-/m0/s1. The van der Waals surface area contributed by atoms with Crippen LogP contribution in [-0.2, 0) is 0 Å². The van der Waals surface area contributed by atoms with Crippen LogP contribution in [0.4, 0.5) is 24.7 Å². The molecule has 0 aliphatic carbocycles. The Bertz CT molecular complexity index is 1140. The van der Waals surface area contributed by atoms with Crippen molar-refractivity contribution in [3.8, 4) is 5.75 Å². The lowest BCUT2D eigenvalue weighted by Crippen LogP contribution is -2.35. The van der Waals surface area contributed by atoms with Crippen molar-refractivity contribution in [2.24, 2.45) is 0 Å². The molecule has 174 valence electrons. The second-order valence-electron chi connectivity index (χ2n) is 7.88.